The van der Waals surface area contributed by atoms with Gasteiger partial charge in [0.15, 0.2) is 0 Å². The first-order valence-electron chi connectivity index (χ1n) is 25.8. The number of benzene rings is 2. The zero-order valence-corrected chi connectivity index (χ0v) is 44.7. The van der Waals surface area contributed by atoms with Gasteiger partial charge in [0.05, 0.1) is 61.8 Å². The Balaban J connectivity index is 0.802. The maximum absolute atomic E-state index is 14.0. The Hall–Kier alpha value is -5.00. The lowest BCUT2D eigenvalue weighted by atomic mass is 9.48. The van der Waals surface area contributed by atoms with Gasteiger partial charge < -0.3 is 45.5 Å². The molecule has 0 unspecified atom stereocenters. The van der Waals surface area contributed by atoms with E-state index >= 15 is 0 Å². The summed E-state index contributed by atoms with van der Waals surface area (Å²) in [7, 11) is 0. The highest BCUT2D eigenvalue weighted by Crippen LogP contribution is 2.60. The first-order valence-corrected chi connectivity index (χ1v) is 26.7. The van der Waals surface area contributed by atoms with Crippen LogP contribution in [-0.2, 0) is 57.8 Å². The van der Waals surface area contributed by atoms with Gasteiger partial charge >= 0.3 is 0 Å². The molecule has 16 heteroatoms. The highest BCUT2D eigenvalue weighted by atomic mass is 32.1. The number of carbonyl (C=O) groups excluding carboxylic acids is 5. The number of ether oxygens (including phenoxy) is 3. The van der Waals surface area contributed by atoms with E-state index < -0.39 is 29.5 Å². The summed E-state index contributed by atoms with van der Waals surface area (Å²) < 4.78 is 16.8. The first-order chi connectivity index (χ1) is 34.2. The van der Waals surface area contributed by atoms with Crippen LogP contribution in [0, 0.1) is 35.0 Å². The fourth-order valence-electron chi connectivity index (χ4n) is 11.0. The van der Waals surface area contributed by atoms with Crippen LogP contribution in [0.3, 0.4) is 0 Å². The number of likely N-dealkylation sites (tertiary alicyclic amines) is 1. The fourth-order valence-corrected chi connectivity index (χ4v) is 11.8. The molecular weight excluding hydrogens is 933 g/mol. The molecule has 0 radical (unpaired) electrons. The summed E-state index contributed by atoms with van der Waals surface area (Å²) in [5.74, 6) is -0.380. The topological polar surface area (TPSA) is 198 Å². The Kier molecular flexibility index (Phi) is 20.2. The lowest BCUT2D eigenvalue weighted by molar-refractivity contribution is -0.144. The monoisotopic (exact) mass is 1010 g/mol. The van der Waals surface area contributed by atoms with Gasteiger partial charge in [-0.2, -0.15) is 0 Å². The SMILES string of the molecule is CC1=CC[C@H]2C(C)(C)CCC[C@]2(C)[C@@H]1CC(=O)NCc1cccc(CNC(=O)CCOCCOCCOCCC(=O)N[C@H](C(=O)N2C[C@H](O)C[C@H]2C(=O)NCc2ccc(-c3scnc3C)cc2)C(C)(C)C)c1. The molecule has 2 aromatic carbocycles. The fraction of sp³-hybridized carbons (Fsp3) is 0.607. The van der Waals surface area contributed by atoms with Crippen molar-refractivity contribution in [3.05, 3.63) is 88.1 Å². The van der Waals surface area contributed by atoms with Gasteiger partial charge in [0, 0.05) is 51.9 Å². The van der Waals surface area contributed by atoms with Crippen LogP contribution in [0.1, 0.15) is 122 Å². The molecule has 5 amide bonds. The third-order valence-corrected chi connectivity index (χ3v) is 16.0. The molecule has 1 saturated carbocycles. The molecule has 3 aromatic rings. The lowest BCUT2D eigenvalue weighted by Crippen LogP contribution is -2.57. The van der Waals surface area contributed by atoms with Gasteiger partial charge in [0.1, 0.15) is 12.1 Å². The number of β-amino-alcohol motifs (C(OH)–C–C–N with tert-alkyl or cyclic N) is 1. The van der Waals surface area contributed by atoms with E-state index in [0.29, 0.717) is 38.6 Å². The molecule has 6 rings (SSSR count). The van der Waals surface area contributed by atoms with Crippen molar-refractivity contribution in [3.63, 3.8) is 0 Å². The number of amides is 5. The molecule has 5 N–H and O–H groups in total. The van der Waals surface area contributed by atoms with E-state index in [2.05, 4.69) is 60.0 Å². The van der Waals surface area contributed by atoms with Gasteiger partial charge in [-0.25, -0.2) is 4.98 Å². The number of aromatic nitrogens is 1. The molecule has 3 aliphatic rings. The first kappa shape index (κ1) is 56.3. The second-order valence-corrected chi connectivity index (χ2v) is 22.9. The summed E-state index contributed by atoms with van der Waals surface area (Å²) in [4.78, 5) is 73.1. The molecule has 0 spiro atoms. The van der Waals surface area contributed by atoms with Crippen molar-refractivity contribution in [3.8, 4) is 10.4 Å². The minimum absolute atomic E-state index is 0.0101. The summed E-state index contributed by atoms with van der Waals surface area (Å²) in [5, 5.41) is 22.5. The standard InChI is InChI=1S/C56H80N6O9S/c1-37-13-18-46-55(6,7)21-10-22-56(46,8)44(37)31-49(66)58-34-41-12-9-11-40(29-41)33-57-47(64)19-23-69-25-27-71-28-26-70-24-20-48(65)61-51(54(3,4)5)53(68)62-35-43(63)30-45(62)52(67)59-32-39-14-16-42(17-15-39)50-38(2)60-36-72-50/h9,11-17,29,36,43-46,51,63H,10,18-28,30-35H2,1-8H3,(H,57,64)(H,58,66)(H,59,67)(H,61,65)/t43-,44-,45+,46+,51-,56-/m1/s1. The Labute approximate surface area is 431 Å². The summed E-state index contributed by atoms with van der Waals surface area (Å²) in [6.45, 7) is 19.5. The maximum Gasteiger partial charge on any atom is 0.246 e. The smallest absolute Gasteiger partial charge is 0.246 e. The van der Waals surface area contributed by atoms with Crippen molar-refractivity contribution in [1.82, 2.24) is 31.2 Å². The number of carbonyl (C=O) groups is 5. The minimum Gasteiger partial charge on any atom is -0.391 e. The molecule has 2 aliphatic carbocycles. The van der Waals surface area contributed by atoms with Crippen molar-refractivity contribution in [1.29, 1.82) is 0 Å². The second-order valence-electron chi connectivity index (χ2n) is 22.0. The van der Waals surface area contributed by atoms with Crippen LogP contribution in [0.2, 0.25) is 0 Å². The number of aliphatic hydroxyl groups is 1. The number of hydrogen-bond donors (Lipinski definition) is 5. The van der Waals surface area contributed by atoms with E-state index in [9.17, 15) is 29.1 Å². The normalized spacial score (nSPS) is 22.1. The minimum atomic E-state index is -0.938. The number of nitrogens with zero attached hydrogens (tertiary/aromatic N) is 2. The number of fused-ring (bicyclic) bond motifs is 1. The summed E-state index contributed by atoms with van der Waals surface area (Å²) in [5.41, 5.74) is 7.74. The number of thiazole rings is 1. The number of hydrogen-bond acceptors (Lipinski definition) is 11. The van der Waals surface area contributed by atoms with Crippen LogP contribution < -0.4 is 21.3 Å². The number of rotatable bonds is 24. The molecule has 72 heavy (non-hydrogen) atoms. The predicted molar refractivity (Wildman–Crippen MR) is 279 cm³/mol. The zero-order valence-electron chi connectivity index (χ0n) is 43.9. The molecule has 0 bridgehead atoms. The van der Waals surface area contributed by atoms with Crippen molar-refractivity contribution in [2.75, 3.05) is 46.2 Å². The Morgan fingerprint density at radius 3 is 2.04 bits per heavy atom. The van der Waals surface area contributed by atoms with Gasteiger partial charge in [0.25, 0.3) is 0 Å². The van der Waals surface area contributed by atoms with Crippen molar-refractivity contribution in [2.24, 2.45) is 28.1 Å². The number of aryl methyl sites for hydroxylation is 1. The molecule has 394 valence electrons. The van der Waals surface area contributed by atoms with E-state index in [4.69, 9.17) is 14.2 Å². The third kappa shape index (κ3) is 15.5. The third-order valence-electron chi connectivity index (χ3n) is 15.1. The van der Waals surface area contributed by atoms with Crippen LogP contribution in [0.25, 0.3) is 10.4 Å². The highest BCUT2D eigenvalue weighted by Gasteiger charge is 2.52. The Morgan fingerprint density at radius 1 is 0.806 bits per heavy atom. The molecule has 1 saturated heterocycles. The zero-order chi connectivity index (χ0) is 52.1. The lowest BCUT2D eigenvalue weighted by Gasteiger charge is -2.56. The Bertz CT molecular complexity index is 2340. The average molecular weight is 1010 g/mol. The molecule has 15 nitrogen and oxygen atoms in total. The van der Waals surface area contributed by atoms with E-state index in [0.717, 1.165) is 39.2 Å². The number of allylic oxidation sites excluding steroid dienone is 2. The van der Waals surface area contributed by atoms with E-state index in [1.165, 1.54) is 29.7 Å². The molecule has 1 aromatic heterocycles. The van der Waals surface area contributed by atoms with E-state index in [1.807, 2.05) is 81.7 Å². The largest absolute Gasteiger partial charge is 0.391 e. The van der Waals surface area contributed by atoms with Gasteiger partial charge in [-0.05, 0) is 83.4 Å². The van der Waals surface area contributed by atoms with E-state index in [1.54, 1.807) is 11.3 Å². The second kappa shape index (κ2) is 25.8. The molecule has 6 atom stereocenters. The Morgan fingerprint density at radius 2 is 1.42 bits per heavy atom. The van der Waals surface area contributed by atoms with Gasteiger partial charge in [0.2, 0.25) is 29.5 Å². The molecule has 1 aliphatic heterocycles. The van der Waals surface area contributed by atoms with E-state index in [-0.39, 0.29) is 99.2 Å². The van der Waals surface area contributed by atoms with Crippen molar-refractivity contribution < 1.29 is 43.3 Å². The molecular formula is C56H80N6O9S. The number of nitrogens with one attached hydrogen (secondary N) is 4. The van der Waals surface area contributed by atoms with Gasteiger partial charge in [-0.3, -0.25) is 24.0 Å². The van der Waals surface area contributed by atoms with Crippen molar-refractivity contribution in [2.45, 2.75) is 145 Å². The van der Waals surface area contributed by atoms with Crippen LogP contribution in [-0.4, -0.2) is 109 Å². The van der Waals surface area contributed by atoms with Gasteiger partial charge in [-0.1, -0.05) is 108 Å². The van der Waals surface area contributed by atoms with Crippen LogP contribution in [0.4, 0.5) is 0 Å². The van der Waals surface area contributed by atoms with Crippen LogP contribution >= 0.6 is 11.3 Å². The average Bonchev–Trinajstić information content (AvgIpc) is 3.96. The van der Waals surface area contributed by atoms with Crippen LogP contribution in [0.5, 0.6) is 0 Å². The summed E-state index contributed by atoms with van der Waals surface area (Å²) >= 11 is 1.57. The van der Waals surface area contributed by atoms with Crippen LogP contribution in [0.15, 0.2) is 65.7 Å². The molecule has 2 fully saturated rings. The predicted octanol–water partition coefficient (Wildman–Crippen LogP) is 7.18. The number of aliphatic hydroxyl groups excluding tert-OH is 1. The summed E-state index contributed by atoms with van der Waals surface area (Å²) in [6, 6.07) is 14.0. The van der Waals surface area contributed by atoms with Gasteiger partial charge in [-0.15, -0.1) is 11.3 Å². The molecule has 2 heterocycles. The maximum atomic E-state index is 14.0. The quantitative estimate of drug-likeness (QED) is 0.0453. The van der Waals surface area contributed by atoms with Crippen molar-refractivity contribution >= 4 is 40.9 Å². The highest BCUT2D eigenvalue weighted by molar-refractivity contribution is 7.13. The summed E-state index contributed by atoms with van der Waals surface area (Å²) in [6.07, 6.45) is 7.06.